The molecule has 3 fully saturated rings. The van der Waals surface area contributed by atoms with Crippen molar-refractivity contribution in [3.8, 4) is 12.3 Å². The van der Waals surface area contributed by atoms with Gasteiger partial charge in [-0.1, -0.05) is 19.4 Å². The summed E-state index contributed by atoms with van der Waals surface area (Å²) in [5.74, 6) is 5.15. The summed E-state index contributed by atoms with van der Waals surface area (Å²) in [6.07, 6.45) is 14.3. The van der Waals surface area contributed by atoms with Gasteiger partial charge in [-0.3, -0.25) is 4.79 Å². The molecule has 4 aliphatic rings. The van der Waals surface area contributed by atoms with Crippen LogP contribution in [0.2, 0.25) is 0 Å². The van der Waals surface area contributed by atoms with E-state index >= 15 is 0 Å². The molecule has 0 radical (unpaired) electrons. The van der Waals surface area contributed by atoms with Gasteiger partial charge in [-0.15, -0.1) is 12.3 Å². The largest absolute Gasteiger partial charge is 0.393 e. The summed E-state index contributed by atoms with van der Waals surface area (Å²) in [5, 5.41) is 11.1. The zero-order chi connectivity index (χ0) is 16.4. The Labute approximate surface area is 139 Å². The van der Waals surface area contributed by atoms with Crippen LogP contribution in [0.4, 0.5) is 0 Å². The molecule has 2 heteroatoms. The first-order valence-corrected chi connectivity index (χ1v) is 9.28. The number of rotatable bonds is 0. The lowest BCUT2D eigenvalue weighted by molar-refractivity contribution is -0.130. The molecule has 3 saturated carbocycles. The van der Waals surface area contributed by atoms with E-state index in [1.54, 1.807) is 0 Å². The standard InChI is InChI=1S/C21H28O2/c1-4-13-6-8-17-16-7-5-14-11-15(22)9-10-20(14,2)19(16)18(23)12-21(13,17)3/h1,11,13,16-19,23H,5-10,12H2,2-3H3/t13-,16-,17-,18-,19?,20-,21+/m0/s1. The Balaban J connectivity index is 1.74. The fourth-order valence-corrected chi connectivity index (χ4v) is 6.96. The van der Waals surface area contributed by atoms with Gasteiger partial charge in [0.15, 0.2) is 5.78 Å². The Morgan fingerprint density at radius 1 is 1.26 bits per heavy atom. The highest BCUT2D eigenvalue weighted by Crippen LogP contribution is 2.66. The average Bonchev–Trinajstić information content (AvgIpc) is 2.83. The minimum atomic E-state index is -0.280. The molecule has 4 aliphatic carbocycles. The molecule has 0 aromatic heterocycles. The Kier molecular flexibility index (Phi) is 3.34. The monoisotopic (exact) mass is 312 g/mol. The van der Waals surface area contributed by atoms with Crippen molar-refractivity contribution in [1.82, 2.24) is 0 Å². The number of carbonyl (C=O) groups is 1. The van der Waals surface area contributed by atoms with Crippen LogP contribution in [0.25, 0.3) is 0 Å². The van der Waals surface area contributed by atoms with Crippen LogP contribution in [0.1, 0.15) is 58.8 Å². The number of fused-ring (bicyclic) bond motifs is 5. The third-order valence-corrected chi connectivity index (χ3v) is 8.09. The molecule has 0 aromatic carbocycles. The maximum absolute atomic E-state index is 11.9. The smallest absolute Gasteiger partial charge is 0.155 e. The lowest BCUT2D eigenvalue weighted by atomic mass is 9.46. The fourth-order valence-electron chi connectivity index (χ4n) is 6.96. The number of hydrogen-bond acceptors (Lipinski definition) is 2. The van der Waals surface area contributed by atoms with Gasteiger partial charge in [0, 0.05) is 12.3 Å². The molecule has 1 N–H and O–H groups in total. The SMILES string of the molecule is C#C[C@H]1CC[C@H]2[C@@H]3CCC4=CC(=O)CC[C@]4(C)C3[C@@H](O)C[C@]12C. The fraction of sp³-hybridized carbons (Fsp3) is 0.762. The first kappa shape index (κ1) is 15.5. The summed E-state index contributed by atoms with van der Waals surface area (Å²) in [5.41, 5.74) is 1.44. The van der Waals surface area contributed by atoms with Crippen molar-refractivity contribution in [2.75, 3.05) is 0 Å². The third kappa shape index (κ3) is 1.96. The molecule has 0 heterocycles. The molecule has 0 aromatic rings. The number of hydrogen-bond donors (Lipinski definition) is 1. The van der Waals surface area contributed by atoms with Crippen LogP contribution in [0, 0.1) is 46.8 Å². The molecule has 0 bridgehead atoms. The van der Waals surface area contributed by atoms with Gasteiger partial charge in [0.25, 0.3) is 0 Å². The second kappa shape index (κ2) is 4.96. The lowest BCUT2D eigenvalue weighted by Gasteiger charge is -2.59. The van der Waals surface area contributed by atoms with Crippen LogP contribution < -0.4 is 0 Å². The molecular weight excluding hydrogens is 284 g/mol. The zero-order valence-corrected chi connectivity index (χ0v) is 14.3. The van der Waals surface area contributed by atoms with Crippen LogP contribution in [0.3, 0.4) is 0 Å². The summed E-state index contributed by atoms with van der Waals surface area (Å²) >= 11 is 0. The van der Waals surface area contributed by atoms with E-state index in [1.807, 2.05) is 6.08 Å². The van der Waals surface area contributed by atoms with Crippen molar-refractivity contribution >= 4 is 5.78 Å². The molecule has 4 rings (SSSR count). The lowest BCUT2D eigenvalue weighted by Crippen LogP contribution is -2.56. The van der Waals surface area contributed by atoms with Crippen LogP contribution >= 0.6 is 0 Å². The Hall–Kier alpha value is -1.07. The third-order valence-electron chi connectivity index (χ3n) is 8.09. The van der Waals surface area contributed by atoms with E-state index in [2.05, 4.69) is 19.8 Å². The predicted octanol–water partition coefficient (Wildman–Crippen LogP) is 3.74. The molecule has 0 saturated heterocycles. The molecule has 0 amide bonds. The van der Waals surface area contributed by atoms with E-state index < -0.39 is 0 Å². The Morgan fingerprint density at radius 3 is 2.78 bits per heavy atom. The molecule has 7 atom stereocenters. The molecular formula is C21H28O2. The van der Waals surface area contributed by atoms with Crippen LogP contribution in [0.5, 0.6) is 0 Å². The first-order chi connectivity index (χ1) is 10.9. The van der Waals surface area contributed by atoms with Crippen molar-refractivity contribution in [2.24, 2.45) is 34.5 Å². The quantitative estimate of drug-likeness (QED) is 0.692. The van der Waals surface area contributed by atoms with Gasteiger partial charge in [-0.2, -0.15) is 0 Å². The number of aliphatic hydroxyl groups is 1. The molecule has 0 spiro atoms. The number of carbonyl (C=O) groups excluding carboxylic acids is 1. The van der Waals surface area contributed by atoms with Gasteiger partial charge in [0.05, 0.1) is 6.10 Å². The van der Waals surface area contributed by atoms with E-state index in [4.69, 9.17) is 6.42 Å². The number of terminal acetylenes is 1. The minimum absolute atomic E-state index is 0.0196. The summed E-state index contributed by atoms with van der Waals surface area (Å²) in [4.78, 5) is 11.9. The van der Waals surface area contributed by atoms with Gasteiger partial charge in [0.1, 0.15) is 0 Å². The highest BCUT2D eigenvalue weighted by atomic mass is 16.3. The van der Waals surface area contributed by atoms with Crippen molar-refractivity contribution in [3.63, 3.8) is 0 Å². The van der Waals surface area contributed by atoms with E-state index in [1.165, 1.54) is 12.0 Å². The van der Waals surface area contributed by atoms with Gasteiger partial charge in [-0.25, -0.2) is 0 Å². The summed E-state index contributed by atoms with van der Waals surface area (Å²) in [6, 6.07) is 0. The van der Waals surface area contributed by atoms with E-state index in [-0.39, 0.29) is 22.7 Å². The predicted molar refractivity (Wildman–Crippen MR) is 90.4 cm³/mol. The Morgan fingerprint density at radius 2 is 2.04 bits per heavy atom. The molecule has 0 aliphatic heterocycles. The van der Waals surface area contributed by atoms with Gasteiger partial charge in [0.2, 0.25) is 0 Å². The van der Waals surface area contributed by atoms with E-state index in [0.717, 1.165) is 32.1 Å². The van der Waals surface area contributed by atoms with Gasteiger partial charge >= 0.3 is 0 Å². The summed E-state index contributed by atoms with van der Waals surface area (Å²) in [7, 11) is 0. The second-order valence-electron chi connectivity index (χ2n) is 8.96. The molecule has 1 unspecified atom stereocenters. The number of ketones is 1. The Bertz CT molecular complexity index is 612. The van der Waals surface area contributed by atoms with Crippen LogP contribution in [-0.4, -0.2) is 17.0 Å². The zero-order valence-electron chi connectivity index (χ0n) is 14.3. The molecule has 2 nitrogen and oxygen atoms in total. The number of allylic oxidation sites excluding steroid dienone is 1. The maximum atomic E-state index is 11.9. The second-order valence-corrected chi connectivity index (χ2v) is 8.96. The molecule has 23 heavy (non-hydrogen) atoms. The van der Waals surface area contributed by atoms with Crippen LogP contribution in [-0.2, 0) is 4.79 Å². The minimum Gasteiger partial charge on any atom is -0.393 e. The summed E-state index contributed by atoms with van der Waals surface area (Å²) in [6.45, 7) is 4.63. The van der Waals surface area contributed by atoms with Crippen LogP contribution in [0.15, 0.2) is 11.6 Å². The van der Waals surface area contributed by atoms with Gasteiger partial charge in [-0.05, 0) is 73.2 Å². The highest BCUT2D eigenvalue weighted by molar-refractivity contribution is 5.91. The van der Waals surface area contributed by atoms with Crippen molar-refractivity contribution in [3.05, 3.63) is 11.6 Å². The van der Waals surface area contributed by atoms with Crippen molar-refractivity contribution in [2.45, 2.75) is 64.9 Å². The van der Waals surface area contributed by atoms with Crippen molar-refractivity contribution in [1.29, 1.82) is 0 Å². The van der Waals surface area contributed by atoms with Crippen molar-refractivity contribution < 1.29 is 9.90 Å². The normalized spacial score (nSPS) is 52.0. The van der Waals surface area contributed by atoms with Gasteiger partial charge < -0.3 is 5.11 Å². The maximum Gasteiger partial charge on any atom is 0.155 e. The highest BCUT2D eigenvalue weighted by Gasteiger charge is 2.61. The summed E-state index contributed by atoms with van der Waals surface area (Å²) < 4.78 is 0. The average molecular weight is 312 g/mol. The van der Waals surface area contributed by atoms with E-state index in [0.29, 0.717) is 30.1 Å². The number of aliphatic hydroxyl groups excluding tert-OH is 1. The van der Waals surface area contributed by atoms with E-state index in [9.17, 15) is 9.90 Å². The first-order valence-electron chi connectivity index (χ1n) is 9.28. The topological polar surface area (TPSA) is 37.3 Å². The molecule has 124 valence electrons.